The van der Waals surface area contributed by atoms with Crippen molar-refractivity contribution < 1.29 is 23.2 Å². The van der Waals surface area contributed by atoms with Gasteiger partial charge < -0.3 is 9.94 Å². The third-order valence-corrected chi connectivity index (χ3v) is 3.62. The maximum absolute atomic E-state index is 11.2. The quantitative estimate of drug-likeness (QED) is 0.700. The first-order chi connectivity index (χ1) is 6.44. The van der Waals surface area contributed by atoms with E-state index in [-0.39, 0.29) is 23.6 Å². The minimum Gasteiger partial charge on any atom is -0.477 e. The zero-order chi connectivity index (χ0) is 10.8. The molecular formula is C7H11NO5S. The van der Waals surface area contributed by atoms with Crippen molar-refractivity contribution in [2.45, 2.75) is 19.4 Å². The van der Waals surface area contributed by atoms with E-state index >= 15 is 0 Å². The number of carbonyl (C=O) groups is 1. The number of sulfone groups is 1. The van der Waals surface area contributed by atoms with E-state index < -0.39 is 21.9 Å². The molecule has 14 heavy (non-hydrogen) atoms. The highest BCUT2D eigenvalue weighted by molar-refractivity contribution is 7.91. The maximum atomic E-state index is 11.2. The fourth-order valence-corrected chi connectivity index (χ4v) is 2.03. The van der Waals surface area contributed by atoms with Crippen molar-refractivity contribution in [3.63, 3.8) is 0 Å². The number of hydrogen-bond acceptors (Lipinski definition) is 5. The third-order valence-electron chi connectivity index (χ3n) is 1.86. The highest BCUT2D eigenvalue weighted by Crippen LogP contribution is 2.13. The lowest BCUT2D eigenvalue weighted by atomic mass is 10.2. The molecule has 1 atom stereocenters. The summed E-state index contributed by atoms with van der Waals surface area (Å²) in [6.45, 7) is 1.53. The van der Waals surface area contributed by atoms with Crippen molar-refractivity contribution in [2.75, 3.05) is 11.5 Å². The van der Waals surface area contributed by atoms with Crippen LogP contribution in [0.1, 0.15) is 13.3 Å². The molecule has 0 bridgehead atoms. The molecular weight excluding hydrogens is 210 g/mol. The lowest BCUT2D eigenvalue weighted by Gasteiger charge is -2.06. The van der Waals surface area contributed by atoms with Gasteiger partial charge in [-0.05, 0) is 0 Å². The summed E-state index contributed by atoms with van der Waals surface area (Å²) < 4.78 is 22.3. The van der Waals surface area contributed by atoms with Gasteiger partial charge in [-0.3, -0.25) is 0 Å². The summed E-state index contributed by atoms with van der Waals surface area (Å²) in [5.74, 6) is -1.32. The smallest absolute Gasteiger partial charge is 0.353 e. The van der Waals surface area contributed by atoms with Crippen molar-refractivity contribution in [2.24, 2.45) is 5.16 Å². The first-order valence-corrected chi connectivity index (χ1v) is 5.93. The summed E-state index contributed by atoms with van der Waals surface area (Å²) in [5.41, 5.74) is -0.124. The molecule has 0 unspecified atom stereocenters. The Morgan fingerprint density at radius 2 is 2.36 bits per heavy atom. The van der Waals surface area contributed by atoms with Gasteiger partial charge in [-0.2, -0.15) is 0 Å². The van der Waals surface area contributed by atoms with Crippen LogP contribution in [0.2, 0.25) is 0 Å². The SMILES string of the molecule is CCS(=O)(=O)C[C@H]1CC(C(=O)O)=NO1. The van der Waals surface area contributed by atoms with Crippen molar-refractivity contribution in [3.8, 4) is 0 Å². The lowest BCUT2D eigenvalue weighted by molar-refractivity contribution is -0.129. The van der Waals surface area contributed by atoms with Crippen molar-refractivity contribution >= 4 is 21.5 Å². The van der Waals surface area contributed by atoms with E-state index in [1.54, 1.807) is 0 Å². The molecule has 1 aliphatic rings. The first-order valence-electron chi connectivity index (χ1n) is 4.11. The number of nitrogens with zero attached hydrogens (tertiary/aromatic N) is 1. The number of aliphatic carboxylic acids is 1. The predicted molar refractivity (Wildman–Crippen MR) is 48.9 cm³/mol. The molecule has 7 heteroatoms. The van der Waals surface area contributed by atoms with E-state index in [4.69, 9.17) is 9.94 Å². The average Bonchev–Trinajstić information content (AvgIpc) is 2.52. The molecule has 0 aromatic rings. The normalized spacial score (nSPS) is 21.5. The fraction of sp³-hybridized carbons (Fsp3) is 0.714. The van der Waals surface area contributed by atoms with Crippen LogP contribution in [0.5, 0.6) is 0 Å². The molecule has 0 saturated heterocycles. The number of oxime groups is 1. The summed E-state index contributed by atoms with van der Waals surface area (Å²) in [4.78, 5) is 15.1. The molecule has 0 aromatic heterocycles. The molecule has 0 spiro atoms. The first kappa shape index (κ1) is 11.0. The lowest BCUT2D eigenvalue weighted by Crippen LogP contribution is -2.23. The Balaban J connectivity index is 2.52. The second kappa shape index (κ2) is 3.95. The molecule has 0 fully saturated rings. The van der Waals surface area contributed by atoms with E-state index in [1.807, 2.05) is 0 Å². The zero-order valence-corrected chi connectivity index (χ0v) is 8.45. The summed E-state index contributed by atoms with van der Waals surface area (Å²) in [5, 5.41) is 11.8. The van der Waals surface area contributed by atoms with Crippen LogP contribution in [-0.4, -0.2) is 42.8 Å². The van der Waals surface area contributed by atoms with Gasteiger partial charge in [-0.1, -0.05) is 12.1 Å². The molecule has 0 amide bonds. The Kier molecular flexibility index (Phi) is 3.10. The van der Waals surface area contributed by atoms with Gasteiger partial charge >= 0.3 is 5.97 Å². The Bertz CT molecular complexity index is 358. The molecule has 0 saturated carbocycles. The highest BCUT2D eigenvalue weighted by atomic mass is 32.2. The second-order valence-corrected chi connectivity index (χ2v) is 5.37. The molecule has 6 nitrogen and oxygen atoms in total. The monoisotopic (exact) mass is 221 g/mol. The van der Waals surface area contributed by atoms with Crippen molar-refractivity contribution in [1.82, 2.24) is 0 Å². The van der Waals surface area contributed by atoms with Gasteiger partial charge in [0.2, 0.25) is 0 Å². The minimum absolute atomic E-state index is 0.0231. The van der Waals surface area contributed by atoms with E-state index in [1.165, 1.54) is 6.92 Å². The topological polar surface area (TPSA) is 93.0 Å². The van der Waals surface area contributed by atoms with Crippen LogP contribution in [0.3, 0.4) is 0 Å². The molecule has 80 valence electrons. The van der Waals surface area contributed by atoms with Gasteiger partial charge in [0.1, 0.15) is 6.10 Å². The second-order valence-electron chi connectivity index (χ2n) is 2.97. The van der Waals surface area contributed by atoms with Crippen LogP contribution in [0.15, 0.2) is 5.16 Å². The Morgan fingerprint density at radius 3 is 2.79 bits per heavy atom. The summed E-state index contributed by atoms with van der Waals surface area (Å²) >= 11 is 0. The van der Waals surface area contributed by atoms with E-state index in [0.717, 1.165) is 0 Å². The fourth-order valence-electron chi connectivity index (χ4n) is 1.05. The number of carboxylic acid groups (broad SMARTS) is 1. The van der Waals surface area contributed by atoms with Crippen LogP contribution in [0.4, 0.5) is 0 Å². The molecule has 1 rings (SSSR count). The molecule has 0 aromatic carbocycles. The molecule has 1 heterocycles. The third kappa shape index (κ3) is 2.69. The number of carboxylic acids is 1. The molecule has 0 aliphatic carbocycles. The van der Waals surface area contributed by atoms with Crippen LogP contribution >= 0.6 is 0 Å². The summed E-state index contributed by atoms with van der Waals surface area (Å²) in [6, 6.07) is 0. The largest absolute Gasteiger partial charge is 0.477 e. The van der Waals surface area contributed by atoms with Gasteiger partial charge in [0.15, 0.2) is 15.5 Å². The number of rotatable bonds is 4. The highest BCUT2D eigenvalue weighted by Gasteiger charge is 2.29. The standard InChI is InChI=1S/C7H11NO5S/c1-2-14(11,12)4-5-3-6(7(9)10)8-13-5/h5H,2-4H2,1H3,(H,9,10)/t5-/m1/s1. The van der Waals surface area contributed by atoms with E-state index in [2.05, 4.69) is 5.16 Å². The van der Waals surface area contributed by atoms with Crippen LogP contribution in [-0.2, 0) is 19.5 Å². The van der Waals surface area contributed by atoms with E-state index in [9.17, 15) is 13.2 Å². The number of hydrogen-bond donors (Lipinski definition) is 1. The predicted octanol–water partition coefficient (Wildman–Crippen LogP) is -0.349. The van der Waals surface area contributed by atoms with Crippen LogP contribution in [0.25, 0.3) is 0 Å². The van der Waals surface area contributed by atoms with Gasteiger partial charge in [0.05, 0.1) is 5.75 Å². The van der Waals surface area contributed by atoms with Gasteiger partial charge in [-0.15, -0.1) is 0 Å². The minimum atomic E-state index is -3.14. The van der Waals surface area contributed by atoms with Crippen molar-refractivity contribution in [1.29, 1.82) is 0 Å². The molecule has 1 N–H and O–H groups in total. The van der Waals surface area contributed by atoms with Crippen LogP contribution in [0, 0.1) is 0 Å². The van der Waals surface area contributed by atoms with Crippen molar-refractivity contribution in [3.05, 3.63) is 0 Å². The average molecular weight is 221 g/mol. The molecule has 0 radical (unpaired) electrons. The van der Waals surface area contributed by atoms with Gasteiger partial charge in [0.25, 0.3) is 0 Å². The van der Waals surface area contributed by atoms with Gasteiger partial charge in [-0.25, -0.2) is 13.2 Å². The molecule has 1 aliphatic heterocycles. The summed E-state index contributed by atoms with van der Waals surface area (Å²) in [6.07, 6.45) is -0.597. The Morgan fingerprint density at radius 1 is 1.71 bits per heavy atom. The Hall–Kier alpha value is -1.11. The maximum Gasteiger partial charge on any atom is 0.353 e. The zero-order valence-electron chi connectivity index (χ0n) is 7.63. The summed E-state index contributed by atoms with van der Waals surface area (Å²) in [7, 11) is -3.14. The Labute approximate surface area is 81.5 Å². The van der Waals surface area contributed by atoms with Crippen LogP contribution < -0.4 is 0 Å². The van der Waals surface area contributed by atoms with E-state index in [0.29, 0.717) is 0 Å². The van der Waals surface area contributed by atoms with Gasteiger partial charge in [0, 0.05) is 12.2 Å².